The summed E-state index contributed by atoms with van der Waals surface area (Å²) in [6.45, 7) is 2.95. The summed E-state index contributed by atoms with van der Waals surface area (Å²) in [6, 6.07) is 0. The fourth-order valence-corrected chi connectivity index (χ4v) is 0.622. The molecule has 0 aromatic rings. The molecule has 0 unspecified atom stereocenters. The number of allylic oxidation sites excluding steroid dienone is 1. The second-order valence-electron chi connectivity index (χ2n) is 2.58. The number of likely N-dealkylation sites (N-methyl/N-ethyl adjacent to an activating group) is 1. The molecule has 0 rings (SSSR count). The van der Waals surface area contributed by atoms with Crippen LogP contribution in [-0.4, -0.2) is 38.1 Å². The van der Waals surface area contributed by atoms with Crippen LogP contribution in [0.3, 0.4) is 0 Å². The summed E-state index contributed by atoms with van der Waals surface area (Å²) in [4.78, 5) is 13.0. The molecule has 0 atom stereocenters. The molecule has 4 heteroatoms. The van der Waals surface area contributed by atoms with Crippen LogP contribution in [0.5, 0.6) is 0 Å². The lowest BCUT2D eigenvalue weighted by Gasteiger charge is -2.09. The Balaban J connectivity index is 3.58. The van der Waals surface area contributed by atoms with Gasteiger partial charge >= 0.3 is 5.97 Å². The summed E-state index contributed by atoms with van der Waals surface area (Å²) < 4.78 is 5.38. The van der Waals surface area contributed by atoms with Crippen molar-refractivity contribution >= 4 is 21.9 Å². The molecule has 0 aromatic heterocycles. The molecule has 0 aromatic carbocycles. The molecule has 0 amide bonds. The zero-order chi connectivity index (χ0) is 9.56. The number of carbonyl (C=O) groups excluding carboxylic acids is 1. The molecule has 0 fully saturated rings. The van der Waals surface area contributed by atoms with Gasteiger partial charge in [-0.3, -0.25) is 0 Å². The van der Waals surface area contributed by atoms with Crippen LogP contribution < -0.4 is 0 Å². The summed E-state index contributed by atoms with van der Waals surface area (Å²) in [7, 11) is 3.86. The van der Waals surface area contributed by atoms with Crippen molar-refractivity contribution in [2.45, 2.75) is 6.92 Å². The first-order chi connectivity index (χ1) is 5.57. The molecule has 0 radical (unpaired) electrons. The van der Waals surface area contributed by atoms with Crippen LogP contribution in [0.2, 0.25) is 0 Å². The first-order valence-corrected chi connectivity index (χ1v) is 4.51. The molecular formula is C8H14BrNO2. The third kappa shape index (κ3) is 5.32. The summed E-state index contributed by atoms with van der Waals surface area (Å²) in [6.07, 6.45) is 1.66. The fraction of sp³-hybridized carbons (Fsp3) is 0.625. The van der Waals surface area contributed by atoms with Gasteiger partial charge in [-0.25, -0.2) is 4.79 Å². The van der Waals surface area contributed by atoms with Crippen molar-refractivity contribution in [3.05, 3.63) is 10.6 Å². The second kappa shape index (κ2) is 6.20. The molecule has 0 heterocycles. The minimum atomic E-state index is -0.306. The van der Waals surface area contributed by atoms with Gasteiger partial charge in [-0.15, -0.1) is 0 Å². The highest BCUT2D eigenvalue weighted by Crippen LogP contribution is 2.05. The zero-order valence-electron chi connectivity index (χ0n) is 7.63. The quantitative estimate of drug-likeness (QED) is 0.545. The number of ether oxygens (including phenoxy) is 1. The van der Waals surface area contributed by atoms with Gasteiger partial charge in [0.25, 0.3) is 0 Å². The minimum absolute atomic E-state index is 0.306. The first-order valence-electron chi connectivity index (χ1n) is 3.71. The Bertz CT molecular complexity index is 178. The van der Waals surface area contributed by atoms with Crippen LogP contribution >= 0.6 is 15.9 Å². The molecule has 0 bridgehead atoms. The number of nitrogens with zero attached hydrogens (tertiary/aromatic N) is 1. The van der Waals surface area contributed by atoms with E-state index in [0.717, 1.165) is 6.54 Å². The van der Waals surface area contributed by atoms with E-state index in [1.54, 1.807) is 13.0 Å². The first kappa shape index (κ1) is 11.6. The predicted molar refractivity (Wildman–Crippen MR) is 52.2 cm³/mol. The molecule has 70 valence electrons. The highest BCUT2D eigenvalue weighted by atomic mass is 79.9. The Morgan fingerprint density at radius 1 is 1.58 bits per heavy atom. The SMILES string of the molecule is CC=C(Br)C(=O)OCCN(C)C. The van der Waals surface area contributed by atoms with Gasteiger partial charge in [-0.05, 0) is 36.9 Å². The van der Waals surface area contributed by atoms with E-state index in [2.05, 4.69) is 15.9 Å². The van der Waals surface area contributed by atoms with E-state index in [0.29, 0.717) is 11.1 Å². The number of rotatable bonds is 4. The van der Waals surface area contributed by atoms with Gasteiger partial charge < -0.3 is 9.64 Å². The minimum Gasteiger partial charge on any atom is -0.460 e. The Labute approximate surface area is 81.5 Å². The molecule has 12 heavy (non-hydrogen) atoms. The van der Waals surface area contributed by atoms with Crippen molar-refractivity contribution in [2.24, 2.45) is 0 Å². The van der Waals surface area contributed by atoms with Crippen LogP contribution in [-0.2, 0) is 9.53 Å². The monoisotopic (exact) mass is 235 g/mol. The number of carbonyl (C=O) groups is 1. The Kier molecular flexibility index (Phi) is 6.02. The molecule has 0 aliphatic heterocycles. The molecule has 0 spiro atoms. The summed E-state index contributed by atoms with van der Waals surface area (Å²) >= 11 is 3.08. The van der Waals surface area contributed by atoms with Crippen molar-refractivity contribution in [2.75, 3.05) is 27.2 Å². The van der Waals surface area contributed by atoms with Gasteiger partial charge in [0.2, 0.25) is 0 Å². The molecule has 0 aliphatic rings. The largest absolute Gasteiger partial charge is 0.460 e. The maximum Gasteiger partial charge on any atom is 0.344 e. The smallest absolute Gasteiger partial charge is 0.344 e. The van der Waals surface area contributed by atoms with Gasteiger partial charge in [0, 0.05) is 6.54 Å². The second-order valence-corrected chi connectivity index (χ2v) is 3.43. The number of hydrogen-bond acceptors (Lipinski definition) is 3. The van der Waals surface area contributed by atoms with Crippen LogP contribution in [0.4, 0.5) is 0 Å². The predicted octanol–water partition coefficient (Wildman–Crippen LogP) is 1.39. The lowest BCUT2D eigenvalue weighted by molar-refractivity contribution is -0.138. The summed E-state index contributed by atoms with van der Waals surface area (Å²) in [5.41, 5.74) is 0. The van der Waals surface area contributed by atoms with E-state index in [9.17, 15) is 4.79 Å². The van der Waals surface area contributed by atoms with E-state index in [4.69, 9.17) is 4.74 Å². The fourth-order valence-electron chi connectivity index (χ4n) is 0.508. The average Bonchev–Trinajstić information content (AvgIpc) is 2.02. The Hall–Kier alpha value is -0.350. The average molecular weight is 236 g/mol. The maximum absolute atomic E-state index is 11.0. The molecule has 0 saturated heterocycles. The summed E-state index contributed by atoms with van der Waals surface area (Å²) in [5, 5.41) is 0. The molecule has 0 N–H and O–H groups in total. The van der Waals surface area contributed by atoms with Crippen molar-refractivity contribution in [3.8, 4) is 0 Å². The number of esters is 1. The van der Waals surface area contributed by atoms with E-state index < -0.39 is 0 Å². The van der Waals surface area contributed by atoms with Crippen LogP contribution in [0.1, 0.15) is 6.92 Å². The highest BCUT2D eigenvalue weighted by Gasteiger charge is 2.05. The van der Waals surface area contributed by atoms with E-state index >= 15 is 0 Å². The van der Waals surface area contributed by atoms with E-state index in [1.807, 2.05) is 19.0 Å². The topological polar surface area (TPSA) is 29.5 Å². The number of halogens is 1. The normalized spacial score (nSPS) is 11.9. The van der Waals surface area contributed by atoms with Crippen LogP contribution in [0, 0.1) is 0 Å². The third-order valence-electron chi connectivity index (χ3n) is 1.22. The van der Waals surface area contributed by atoms with Crippen molar-refractivity contribution < 1.29 is 9.53 Å². The molecule has 0 saturated carbocycles. The summed E-state index contributed by atoms with van der Waals surface area (Å²) in [5.74, 6) is -0.306. The zero-order valence-corrected chi connectivity index (χ0v) is 9.22. The van der Waals surface area contributed by atoms with E-state index in [1.165, 1.54) is 0 Å². The number of hydrogen-bond donors (Lipinski definition) is 0. The maximum atomic E-state index is 11.0. The van der Waals surface area contributed by atoms with Crippen molar-refractivity contribution in [1.29, 1.82) is 0 Å². The van der Waals surface area contributed by atoms with Gasteiger partial charge in [0.15, 0.2) is 0 Å². The van der Waals surface area contributed by atoms with Gasteiger partial charge in [-0.1, -0.05) is 6.08 Å². The molecular weight excluding hydrogens is 222 g/mol. The van der Waals surface area contributed by atoms with Gasteiger partial charge in [0.1, 0.15) is 6.61 Å². The van der Waals surface area contributed by atoms with Gasteiger partial charge in [0.05, 0.1) is 4.48 Å². The molecule has 0 aliphatic carbocycles. The van der Waals surface area contributed by atoms with Crippen molar-refractivity contribution in [1.82, 2.24) is 4.90 Å². The van der Waals surface area contributed by atoms with Crippen molar-refractivity contribution in [3.63, 3.8) is 0 Å². The van der Waals surface area contributed by atoms with E-state index in [-0.39, 0.29) is 5.97 Å². The van der Waals surface area contributed by atoms with Crippen LogP contribution in [0.15, 0.2) is 10.6 Å². The Morgan fingerprint density at radius 2 is 2.17 bits per heavy atom. The standard InChI is InChI=1S/C8H14BrNO2/c1-4-7(9)8(11)12-6-5-10(2)3/h4H,5-6H2,1-3H3. The van der Waals surface area contributed by atoms with Gasteiger partial charge in [-0.2, -0.15) is 0 Å². The highest BCUT2D eigenvalue weighted by molar-refractivity contribution is 9.12. The Morgan fingerprint density at radius 3 is 2.58 bits per heavy atom. The third-order valence-corrected chi connectivity index (χ3v) is 2.00. The van der Waals surface area contributed by atoms with Crippen LogP contribution in [0.25, 0.3) is 0 Å². The lowest BCUT2D eigenvalue weighted by Crippen LogP contribution is -2.20. The lowest BCUT2D eigenvalue weighted by atomic mass is 10.5. The molecule has 3 nitrogen and oxygen atoms in total.